The van der Waals surface area contributed by atoms with Crippen LogP contribution in [-0.4, -0.2) is 9.91 Å². The van der Waals surface area contributed by atoms with E-state index in [0.717, 1.165) is 4.88 Å². The van der Waals surface area contributed by atoms with Gasteiger partial charge in [-0.25, -0.2) is 4.98 Å². The minimum absolute atomic E-state index is 0.0830. The summed E-state index contributed by atoms with van der Waals surface area (Å²) in [5.41, 5.74) is 0.545. The van der Waals surface area contributed by atoms with Crippen LogP contribution < -0.4 is 0 Å². The van der Waals surface area contributed by atoms with Crippen molar-refractivity contribution in [1.29, 1.82) is 0 Å². The number of rotatable bonds is 2. The van der Waals surface area contributed by atoms with Crippen LogP contribution in [0.2, 0.25) is 5.15 Å². The average molecular weight is 241 g/mol. The van der Waals surface area contributed by atoms with Crippen LogP contribution in [0, 0.1) is 10.1 Å². The number of halogens is 1. The van der Waals surface area contributed by atoms with Gasteiger partial charge in [0.15, 0.2) is 0 Å². The molecule has 15 heavy (non-hydrogen) atoms. The van der Waals surface area contributed by atoms with E-state index in [0.29, 0.717) is 5.56 Å². The van der Waals surface area contributed by atoms with E-state index in [-0.39, 0.29) is 10.8 Å². The smallest absolute Gasteiger partial charge is 0.258 e. The van der Waals surface area contributed by atoms with Crippen LogP contribution in [-0.2, 0) is 0 Å². The van der Waals surface area contributed by atoms with Crippen LogP contribution in [0.3, 0.4) is 0 Å². The Hall–Kier alpha value is -1.46. The fourth-order valence-corrected chi connectivity index (χ4v) is 2.02. The van der Waals surface area contributed by atoms with Crippen LogP contribution in [0.4, 0.5) is 5.69 Å². The first kappa shape index (κ1) is 10.1. The Kier molecular flexibility index (Phi) is 2.66. The van der Waals surface area contributed by atoms with Gasteiger partial charge in [0.25, 0.3) is 0 Å². The predicted molar refractivity (Wildman–Crippen MR) is 59.2 cm³/mol. The lowest BCUT2D eigenvalue weighted by Gasteiger charge is -1.98. The molecule has 0 bridgehead atoms. The van der Waals surface area contributed by atoms with Crippen molar-refractivity contribution in [3.63, 3.8) is 0 Å². The molecule has 0 atom stereocenters. The van der Waals surface area contributed by atoms with E-state index in [1.54, 1.807) is 0 Å². The average Bonchev–Trinajstić information content (AvgIpc) is 2.71. The lowest BCUT2D eigenvalue weighted by Crippen LogP contribution is -1.91. The van der Waals surface area contributed by atoms with Gasteiger partial charge in [-0.15, -0.1) is 11.3 Å². The maximum absolute atomic E-state index is 10.6. The molecule has 2 aromatic heterocycles. The standard InChI is InChI=1S/C9H5ClN2O2S/c10-9-7(12(13)14)4-6(5-11-9)8-2-1-3-15-8/h1-5H. The normalized spacial score (nSPS) is 10.2. The van der Waals surface area contributed by atoms with E-state index in [2.05, 4.69) is 4.98 Å². The first-order chi connectivity index (χ1) is 7.18. The molecule has 76 valence electrons. The first-order valence-electron chi connectivity index (χ1n) is 4.02. The topological polar surface area (TPSA) is 56.0 Å². The van der Waals surface area contributed by atoms with Gasteiger partial charge in [0.2, 0.25) is 5.15 Å². The number of hydrogen-bond acceptors (Lipinski definition) is 4. The van der Waals surface area contributed by atoms with Crippen molar-refractivity contribution in [1.82, 2.24) is 4.98 Å². The van der Waals surface area contributed by atoms with Gasteiger partial charge in [0, 0.05) is 22.7 Å². The number of pyridine rings is 1. The zero-order valence-electron chi connectivity index (χ0n) is 7.38. The Bertz CT molecular complexity index is 499. The van der Waals surface area contributed by atoms with E-state index in [1.807, 2.05) is 17.5 Å². The van der Waals surface area contributed by atoms with Crippen molar-refractivity contribution in [2.75, 3.05) is 0 Å². The molecule has 0 aliphatic heterocycles. The fraction of sp³-hybridized carbons (Fsp3) is 0. The monoisotopic (exact) mass is 240 g/mol. The first-order valence-corrected chi connectivity index (χ1v) is 5.28. The van der Waals surface area contributed by atoms with Crippen molar-refractivity contribution >= 4 is 28.6 Å². The summed E-state index contributed by atoms with van der Waals surface area (Å²) in [7, 11) is 0. The van der Waals surface area contributed by atoms with Crippen molar-refractivity contribution in [2.24, 2.45) is 0 Å². The maximum atomic E-state index is 10.6. The molecule has 0 spiro atoms. The van der Waals surface area contributed by atoms with Crippen molar-refractivity contribution in [2.45, 2.75) is 0 Å². The number of aromatic nitrogens is 1. The minimum atomic E-state index is -0.535. The number of thiophene rings is 1. The largest absolute Gasteiger partial charge is 0.307 e. The Balaban J connectivity index is 2.52. The van der Waals surface area contributed by atoms with Gasteiger partial charge in [-0.1, -0.05) is 17.7 Å². The third kappa shape index (κ3) is 1.98. The zero-order chi connectivity index (χ0) is 10.8. The molecule has 2 heterocycles. The van der Waals surface area contributed by atoms with E-state index in [9.17, 15) is 10.1 Å². The third-order valence-electron chi connectivity index (χ3n) is 1.82. The highest BCUT2D eigenvalue weighted by molar-refractivity contribution is 7.13. The van der Waals surface area contributed by atoms with Crippen molar-refractivity contribution in [3.05, 3.63) is 45.0 Å². The highest BCUT2D eigenvalue weighted by atomic mass is 35.5. The highest BCUT2D eigenvalue weighted by Crippen LogP contribution is 2.30. The quantitative estimate of drug-likeness (QED) is 0.459. The molecular formula is C9H5ClN2O2S. The van der Waals surface area contributed by atoms with Gasteiger partial charge in [-0.2, -0.15) is 0 Å². The van der Waals surface area contributed by atoms with E-state index in [4.69, 9.17) is 11.6 Å². The lowest BCUT2D eigenvalue weighted by atomic mass is 10.2. The Morgan fingerprint density at radius 1 is 1.53 bits per heavy atom. The molecule has 0 saturated carbocycles. The molecule has 0 amide bonds. The van der Waals surface area contributed by atoms with Gasteiger partial charge in [0.1, 0.15) is 0 Å². The summed E-state index contributed by atoms with van der Waals surface area (Å²) in [5, 5.41) is 12.4. The number of nitrogens with zero attached hydrogens (tertiary/aromatic N) is 2. The molecule has 2 aromatic rings. The SMILES string of the molecule is O=[N+]([O-])c1cc(-c2cccs2)cnc1Cl. The number of nitro groups is 1. The van der Waals surface area contributed by atoms with Gasteiger partial charge in [0.05, 0.1) is 4.92 Å². The zero-order valence-corrected chi connectivity index (χ0v) is 8.96. The summed E-state index contributed by atoms with van der Waals surface area (Å²) in [4.78, 5) is 14.8. The Morgan fingerprint density at radius 2 is 2.33 bits per heavy atom. The molecule has 0 fully saturated rings. The van der Waals surface area contributed by atoms with Crippen LogP contribution in [0.15, 0.2) is 29.8 Å². The molecule has 0 aromatic carbocycles. The summed E-state index contributed by atoms with van der Waals surface area (Å²) in [5.74, 6) is 0. The molecular weight excluding hydrogens is 236 g/mol. The Labute approximate surface area is 94.3 Å². The second-order valence-corrected chi connectivity index (χ2v) is 4.07. The molecule has 2 rings (SSSR count). The third-order valence-corrected chi connectivity index (χ3v) is 3.03. The van der Waals surface area contributed by atoms with Crippen molar-refractivity contribution < 1.29 is 4.92 Å². The van der Waals surface area contributed by atoms with Crippen LogP contribution in [0.25, 0.3) is 10.4 Å². The second kappa shape index (κ2) is 3.96. The molecule has 6 heteroatoms. The van der Waals surface area contributed by atoms with Gasteiger partial charge in [-0.3, -0.25) is 10.1 Å². The molecule has 0 radical (unpaired) electrons. The van der Waals surface area contributed by atoms with E-state index < -0.39 is 4.92 Å². The van der Waals surface area contributed by atoms with Gasteiger partial charge < -0.3 is 0 Å². The van der Waals surface area contributed by atoms with E-state index >= 15 is 0 Å². The van der Waals surface area contributed by atoms with Gasteiger partial charge >= 0.3 is 5.69 Å². The van der Waals surface area contributed by atoms with E-state index in [1.165, 1.54) is 23.6 Å². The summed E-state index contributed by atoms with van der Waals surface area (Å²) in [6.07, 6.45) is 1.53. The second-order valence-electron chi connectivity index (χ2n) is 2.77. The summed E-state index contributed by atoms with van der Waals surface area (Å²) in [6.45, 7) is 0. The molecule has 0 aliphatic rings. The summed E-state index contributed by atoms with van der Waals surface area (Å²) < 4.78 is 0. The maximum Gasteiger partial charge on any atom is 0.307 e. The summed E-state index contributed by atoms with van der Waals surface area (Å²) in [6, 6.07) is 5.18. The number of hydrogen-bond donors (Lipinski definition) is 0. The summed E-state index contributed by atoms with van der Waals surface area (Å²) >= 11 is 7.10. The lowest BCUT2D eigenvalue weighted by molar-refractivity contribution is -0.385. The molecule has 0 unspecified atom stereocenters. The van der Waals surface area contributed by atoms with Crippen LogP contribution >= 0.6 is 22.9 Å². The predicted octanol–water partition coefficient (Wildman–Crippen LogP) is 3.37. The minimum Gasteiger partial charge on any atom is -0.258 e. The molecule has 0 aliphatic carbocycles. The van der Waals surface area contributed by atoms with Crippen molar-refractivity contribution in [3.8, 4) is 10.4 Å². The van der Waals surface area contributed by atoms with Gasteiger partial charge in [-0.05, 0) is 11.4 Å². The Morgan fingerprint density at radius 3 is 2.93 bits per heavy atom. The van der Waals surface area contributed by atoms with Crippen LogP contribution in [0.1, 0.15) is 0 Å². The molecule has 4 nitrogen and oxygen atoms in total. The van der Waals surface area contributed by atoms with Crippen LogP contribution in [0.5, 0.6) is 0 Å². The molecule has 0 N–H and O–H groups in total. The fourth-order valence-electron chi connectivity index (χ4n) is 1.14. The highest BCUT2D eigenvalue weighted by Gasteiger charge is 2.15. The molecule has 0 saturated heterocycles.